The van der Waals surface area contributed by atoms with Gasteiger partial charge in [0.15, 0.2) is 0 Å². The van der Waals surface area contributed by atoms with E-state index in [1.54, 1.807) is 37.3 Å². The van der Waals surface area contributed by atoms with Crippen LogP contribution < -0.4 is 9.62 Å². The number of aryl methyl sites for hydroxylation is 1. The number of anilines is 1. The quantitative estimate of drug-likeness (QED) is 0.521. The predicted molar refractivity (Wildman–Crippen MR) is 132 cm³/mol. The standard InChI is InChI=1S/C25H34FN3O4S/c1-6-18(3)27-25(31)19(4)28(16-21-13-8-10-14-22(21)26)24(30)17-29(34(5,32)33)23-15-11-9-12-20(23)7-2/h8-15,18-19H,6-7,16-17H2,1-5H3,(H,27,31)/t18-,19+/m0/s1. The molecule has 2 atom stereocenters. The summed E-state index contributed by atoms with van der Waals surface area (Å²) in [6, 6.07) is 11.9. The second-order valence-electron chi connectivity index (χ2n) is 8.36. The van der Waals surface area contributed by atoms with Crippen molar-refractivity contribution in [3.8, 4) is 0 Å². The molecule has 186 valence electrons. The monoisotopic (exact) mass is 491 g/mol. The minimum atomic E-state index is -3.82. The molecule has 2 aromatic carbocycles. The number of rotatable bonds is 11. The molecule has 0 fully saturated rings. The number of carbonyl (C=O) groups is 2. The topological polar surface area (TPSA) is 86.8 Å². The van der Waals surface area contributed by atoms with E-state index in [4.69, 9.17) is 0 Å². The fraction of sp³-hybridized carbons (Fsp3) is 0.440. The third-order valence-corrected chi connectivity index (χ3v) is 6.91. The number of carbonyl (C=O) groups excluding carboxylic acids is 2. The summed E-state index contributed by atoms with van der Waals surface area (Å²) < 4.78 is 40.8. The maximum Gasteiger partial charge on any atom is 0.244 e. The van der Waals surface area contributed by atoms with Crippen LogP contribution in [-0.4, -0.2) is 50.0 Å². The van der Waals surface area contributed by atoms with E-state index in [1.165, 1.54) is 23.1 Å². The minimum absolute atomic E-state index is 0.107. The summed E-state index contributed by atoms with van der Waals surface area (Å²) >= 11 is 0. The number of para-hydroxylation sites is 1. The Balaban J connectivity index is 2.44. The molecule has 0 heterocycles. The molecule has 2 aromatic rings. The molecule has 0 aliphatic rings. The molecule has 0 saturated heterocycles. The first-order valence-corrected chi connectivity index (χ1v) is 13.2. The normalized spacial score (nSPS) is 13.1. The summed E-state index contributed by atoms with van der Waals surface area (Å²) in [5.74, 6) is -1.50. The summed E-state index contributed by atoms with van der Waals surface area (Å²) in [6.07, 6.45) is 2.31. The second kappa shape index (κ2) is 12.0. The van der Waals surface area contributed by atoms with Crippen molar-refractivity contribution in [2.45, 2.75) is 59.2 Å². The molecule has 0 aromatic heterocycles. The van der Waals surface area contributed by atoms with E-state index >= 15 is 0 Å². The van der Waals surface area contributed by atoms with Crippen LogP contribution in [0, 0.1) is 5.82 Å². The Kier molecular flexibility index (Phi) is 9.61. The lowest BCUT2D eigenvalue weighted by molar-refractivity contribution is -0.139. The molecule has 0 radical (unpaired) electrons. The summed E-state index contributed by atoms with van der Waals surface area (Å²) in [6.45, 7) is 6.54. The maximum absolute atomic E-state index is 14.4. The van der Waals surface area contributed by atoms with Crippen LogP contribution in [0.2, 0.25) is 0 Å². The second-order valence-corrected chi connectivity index (χ2v) is 10.3. The number of hydrogen-bond acceptors (Lipinski definition) is 4. The molecule has 0 bridgehead atoms. The highest BCUT2D eigenvalue weighted by Gasteiger charge is 2.31. The van der Waals surface area contributed by atoms with E-state index in [1.807, 2.05) is 20.8 Å². The Bertz CT molecular complexity index is 1110. The van der Waals surface area contributed by atoms with Gasteiger partial charge >= 0.3 is 0 Å². The molecule has 0 saturated carbocycles. The van der Waals surface area contributed by atoms with Gasteiger partial charge in [0.1, 0.15) is 18.4 Å². The third kappa shape index (κ3) is 7.03. The SMILES string of the molecule is CCc1ccccc1N(CC(=O)N(Cc1ccccc1F)[C@H](C)C(=O)N[C@@H](C)CC)S(C)(=O)=O. The maximum atomic E-state index is 14.4. The summed E-state index contributed by atoms with van der Waals surface area (Å²) in [4.78, 5) is 27.6. The fourth-order valence-electron chi connectivity index (χ4n) is 3.51. The Labute approximate surface area is 202 Å². The van der Waals surface area contributed by atoms with Gasteiger partial charge in [0.05, 0.1) is 11.9 Å². The van der Waals surface area contributed by atoms with Crippen LogP contribution in [0.1, 0.15) is 45.2 Å². The molecular formula is C25H34FN3O4S. The zero-order valence-corrected chi connectivity index (χ0v) is 21.2. The first-order chi connectivity index (χ1) is 16.0. The van der Waals surface area contributed by atoms with Crippen molar-refractivity contribution in [1.29, 1.82) is 0 Å². The van der Waals surface area contributed by atoms with Gasteiger partial charge in [-0.25, -0.2) is 12.8 Å². The van der Waals surface area contributed by atoms with Gasteiger partial charge in [0, 0.05) is 18.2 Å². The molecule has 9 heteroatoms. The first kappa shape index (κ1) is 27.3. The summed E-state index contributed by atoms with van der Waals surface area (Å²) in [5, 5.41) is 2.84. The van der Waals surface area contributed by atoms with Crippen molar-refractivity contribution in [3.63, 3.8) is 0 Å². The highest BCUT2D eigenvalue weighted by Crippen LogP contribution is 2.24. The van der Waals surface area contributed by atoms with E-state index in [9.17, 15) is 22.4 Å². The minimum Gasteiger partial charge on any atom is -0.352 e. The van der Waals surface area contributed by atoms with Crippen LogP contribution >= 0.6 is 0 Å². The number of nitrogens with zero attached hydrogens (tertiary/aromatic N) is 2. The van der Waals surface area contributed by atoms with Gasteiger partial charge in [0.25, 0.3) is 0 Å². The van der Waals surface area contributed by atoms with Crippen LogP contribution in [0.4, 0.5) is 10.1 Å². The lowest BCUT2D eigenvalue weighted by Crippen LogP contribution is -2.52. The number of sulfonamides is 1. The van der Waals surface area contributed by atoms with E-state index in [-0.39, 0.29) is 24.1 Å². The van der Waals surface area contributed by atoms with E-state index < -0.39 is 34.3 Å². The summed E-state index contributed by atoms with van der Waals surface area (Å²) in [7, 11) is -3.82. The Morgan fingerprint density at radius 2 is 1.59 bits per heavy atom. The number of benzene rings is 2. The Morgan fingerprint density at radius 3 is 2.15 bits per heavy atom. The number of halogens is 1. The van der Waals surface area contributed by atoms with Gasteiger partial charge in [-0.2, -0.15) is 0 Å². The predicted octanol–water partition coefficient (Wildman–Crippen LogP) is 3.49. The molecule has 0 aliphatic heterocycles. The average Bonchev–Trinajstić information content (AvgIpc) is 2.80. The van der Waals surface area contributed by atoms with E-state index in [2.05, 4.69) is 5.32 Å². The molecular weight excluding hydrogens is 457 g/mol. The largest absolute Gasteiger partial charge is 0.352 e. The van der Waals surface area contributed by atoms with Gasteiger partial charge in [-0.1, -0.05) is 50.2 Å². The van der Waals surface area contributed by atoms with Crippen molar-refractivity contribution >= 4 is 27.5 Å². The lowest BCUT2D eigenvalue weighted by atomic mass is 10.1. The number of nitrogens with one attached hydrogen (secondary N) is 1. The lowest BCUT2D eigenvalue weighted by Gasteiger charge is -2.32. The zero-order valence-electron chi connectivity index (χ0n) is 20.4. The van der Waals surface area contributed by atoms with Gasteiger partial charge in [-0.05, 0) is 44.4 Å². The summed E-state index contributed by atoms with van der Waals surface area (Å²) in [5.41, 5.74) is 1.41. The first-order valence-electron chi connectivity index (χ1n) is 11.4. The Morgan fingerprint density at radius 1 is 1.00 bits per heavy atom. The van der Waals surface area contributed by atoms with Crippen molar-refractivity contribution in [1.82, 2.24) is 10.2 Å². The molecule has 34 heavy (non-hydrogen) atoms. The highest BCUT2D eigenvalue weighted by molar-refractivity contribution is 7.92. The van der Waals surface area contributed by atoms with Crippen LogP contribution in [0.3, 0.4) is 0 Å². The van der Waals surface area contributed by atoms with Crippen LogP contribution in [0.25, 0.3) is 0 Å². The van der Waals surface area contributed by atoms with Gasteiger partial charge in [-0.3, -0.25) is 13.9 Å². The highest BCUT2D eigenvalue weighted by atomic mass is 32.2. The molecule has 0 spiro atoms. The number of hydrogen-bond donors (Lipinski definition) is 1. The Hall–Kier alpha value is -2.94. The van der Waals surface area contributed by atoms with Crippen molar-refractivity contribution < 1.29 is 22.4 Å². The molecule has 7 nitrogen and oxygen atoms in total. The van der Waals surface area contributed by atoms with Crippen molar-refractivity contribution in [3.05, 3.63) is 65.5 Å². The van der Waals surface area contributed by atoms with Gasteiger partial charge in [0.2, 0.25) is 21.8 Å². The zero-order chi connectivity index (χ0) is 25.5. The fourth-order valence-corrected chi connectivity index (χ4v) is 4.39. The number of amides is 2. The molecule has 2 amide bonds. The van der Waals surface area contributed by atoms with Crippen molar-refractivity contribution in [2.24, 2.45) is 0 Å². The molecule has 2 rings (SSSR count). The smallest absolute Gasteiger partial charge is 0.244 e. The van der Waals surface area contributed by atoms with E-state index in [0.717, 1.165) is 16.1 Å². The molecule has 0 aliphatic carbocycles. The van der Waals surface area contributed by atoms with Gasteiger partial charge < -0.3 is 10.2 Å². The van der Waals surface area contributed by atoms with Crippen LogP contribution in [0.15, 0.2) is 48.5 Å². The van der Waals surface area contributed by atoms with E-state index in [0.29, 0.717) is 18.5 Å². The van der Waals surface area contributed by atoms with Crippen LogP contribution in [0.5, 0.6) is 0 Å². The average molecular weight is 492 g/mol. The van der Waals surface area contributed by atoms with Crippen LogP contribution in [-0.2, 0) is 32.6 Å². The molecule has 0 unspecified atom stereocenters. The van der Waals surface area contributed by atoms with Crippen molar-refractivity contribution in [2.75, 3.05) is 17.1 Å². The van der Waals surface area contributed by atoms with Gasteiger partial charge in [-0.15, -0.1) is 0 Å². The molecule has 1 N–H and O–H groups in total. The third-order valence-electron chi connectivity index (χ3n) is 5.79.